The second-order valence-corrected chi connectivity index (χ2v) is 11.8. The summed E-state index contributed by atoms with van der Waals surface area (Å²) in [5, 5.41) is 14.2. The minimum atomic E-state index is -3.56. The molecule has 35 heavy (non-hydrogen) atoms. The molecule has 2 aromatic rings. The van der Waals surface area contributed by atoms with E-state index in [4.69, 9.17) is 16.9 Å². The highest BCUT2D eigenvalue weighted by atomic mass is 35.5. The Morgan fingerprint density at radius 3 is 2.60 bits per heavy atom. The zero-order chi connectivity index (χ0) is 25.3. The fourth-order valence-electron chi connectivity index (χ4n) is 4.12. The van der Waals surface area contributed by atoms with Gasteiger partial charge in [-0.1, -0.05) is 24.4 Å². The van der Waals surface area contributed by atoms with Crippen LogP contribution in [0.25, 0.3) is 0 Å². The summed E-state index contributed by atoms with van der Waals surface area (Å²) in [4.78, 5) is 29.6. The van der Waals surface area contributed by atoms with E-state index in [0.717, 1.165) is 17.7 Å². The van der Waals surface area contributed by atoms with Gasteiger partial charge in [0.2, 0.25) is 5.91 Å². The molecule has 0 bridgehead atoms. The molecule has 2 amide bonds. The molecule has 1 aromatic heterocycles. The topological polar surface area (TPSA) is 129 Å². The fourth-order valence-corrected chi connectivity index (χ4v) is 6.79. The molecule has 0 saturated heterocycles. The predicted molar refractivity (Wildman–Crippen MR) is 135 cm³/mol. The molecule has 0 aliphatic heterocycles. The van der Waals surface area contributed by atoms with Gasteiger partial charge in [-0.05, 0) is 55.2 Å². The summed E-state index contributed by atoms with van der Waals surface area (Å²) in [6, 6.07) is 11.8. The van der Waals surface area contributed by atoms with E-state index in [1.54, 1.807) is 36.4 Å². The number of sulfone groups is 1. The van der Waals surface area contributed by atoms with E-state index < -0.39 is 15.8 Å². The Balaban J connectivity index is 1.52. The zero-order valence-corrected chi connectivity index (χ0v) is 21.5. The fraction of sp³-hybridized carbons (Fsp3) is 0.417. The number of aromatic nitrogens is 1. The number of pyridine rings is 1. The molecule has 1 aromatic carbocycles. The summed E-state index contributed by atoms with van der Waals surface area (Å²) in [7, 11) is -3.56. The third-order valence-electron chi connectivity index (χ3n) is 5.86. The molecule has 11 heteroatoms. The van der Waals surface area contributed by atoms with E-state index in [9.17, 15) is 18.0 Å². The van der Waals surface area contributed by atoms with Crippen molar-refractivity contribution in [1.82, 2.24) is 15.6 Å². The van der Waals surface area contributed by atoms with Gasteiger partial charge < -0.3 is 10.6 Å². The van der Waals surface area contributed by atoms with Crippen molar-refractivity contribution < 1.29 is 18.0 Å². The Morgan fingerprint density at radius 1 is 1.14 bits per heavy atom. The van der Waals surface area contributed by atoms with Crippen molar-refractivity contribution in [2.75, 3.05) is 24.6 Å². The molecular weight excluding hydrogens is 508 g/mol. The molecule has 2 N–H and O–H groups in total. The molecule has 2 unspecified atom stereocenters. The van der Waals surface area contributed by atoms with E-state index in [0.29, 0.717) is 30.7 Å². The molecule has 1 heterocycles. The molecule has 0 spiro atoms. The van der Waals surface area contributed by atoms with E-state index >= 15 is 0 Å². The van der Waals surface area contributed by atoms with Crippen molar-refractivity contribution >= 4 is 45.0 Å². The van der Waals surface area contributed by atoms with E-state index in [1.807, 2.05) is 6.07 Å². The molecule has 186 valence electrons. The lowest BCUT2D eigenvalue weighted by atomic mass is 9.80. The number of amides is 2. The van der Waals surface area contributed by atoms with Gasteiger partial charge in [-0.2, -0.15) is 5.26 Å². The number of nitrogens with zero attached hydrogens (tertiary/aromatic N) is 2. The van der Waals surface area contributed by atoms with Gasteiger partial charge in [0.25, 0.3) is 5.91 Å². The first-order valence-corrected chi connectivity index (χ1v) is 14.3. The van der Waals surface area contributed by atoms with Crippen molar-refractivity contribution in [1.29, 1.82) is 5.26 Å². The first-order valence-electron chi connectivity index (χ1n) is 11.3. The van der Waals surface area contributed by atoms with Gasteiger partial charge in [-0.25, -0.2) is 13.4 Å². The van der Waals surface area contributed by atoms with E-state index in [1.165, 1.54) is 18.0 Å². The number of hydrogen-bond acceptors (Lipinski definition) is 7. The first kappa shape index (κ1) is 27.0. The summed E-state index contributed by atoms with van der Waals surface area (Å²) >= 11 is 7.42. The summed E-state index contributed by atoms with van der Waals surface area (Å²) in [6.45, 7) is 0.334. The Hall–Kier alpha value is -2.61. The average Bonchev–Trinajstić information content (AvgIpc) is 2.85. The second kappa shape index (κ2) is 12.9. The van der Waals surface area contributed by atoms with Crippen molar-refractivity contribution in [3.05, 3.63) is 53.3 Å². The number of nitriles is 1. The molecular formula is C24H27ClN4O4S2. The second-order valence-electron chi connectivity index (χ2n) is 8.23. The Labute approximate surface area is 214 Å². The molecule has 8 nitrogen and oxygen atoms in total. The van der Waals surface area contributed by atoms with Gasteiger partial charge in [0.15, 0.2) is 9.84 Å². The summed E-state index contributed by atoms with van der Waals surface area (Å²) in [5.41, 5.74) is 0.316. The highest BCUT2D eigenvalue weighted by Crippen LogP contribution is 2.33. The largest absolute Gasteiger partial charge is 0.351 e. The standard InChI is InChI=1S/C24H27ClN4O4S2/c25-22-21(6-3-12-27-22)24(31)29-14-15-34-18-7-9-19(10-8-18)35(32,33)16-17-4-1-2-5-20(17)23(30)28-13-11-26/h3,6-10,12,17,20H,1-2,4-5,13-16H2,(H,28,30)(H,29,31). The number of hydrogen-bond donors (Lipinski definition) is 2. The lowest BCUT2D eigenvalue weighted by Gasteiger charge is -2.30. The van der Waals surface area contributed by atoms with Gasteiger partial charge in [0, 0.05) is 29.3 Å². The molecule has 3 rings (SSSR count). The Morgan fingerprint density at radius 2 is 1.89 bits per heavy atom. The number of thioether (sulfide) groups is 1. The van der Waals surface area contributed by atoms with Crippen LogP contribution in [0.4, 0.5) is 0 Å². The van der Waals surface area contributed by atoms with Crippen LogP contribution in [0.1, 0.15) is 36.0 Å². The lowest BCUT2D eigenvalue weighted by Crippen LogP contribution is -2.39. The third kappa shape index (κ3) is 7.69. The summed E-state index contributed by atoms with van der Waals surface area (Å²) in [5.74, 6) is -0.690. The van der Waals surface area contributed by atoms with E-state index in [-0.39, 0.29) is 40.1 Å². The van der Waals surface area contributed by atoms with Crippen LogP contribution in [0.2, 0.25) is 5.15 Å². The van der Waals surface area contributed by atoms with Gasteiger partial charge >= 0.3 is 0 Å². The van der Waals surface area contributed by atoms with Crippen LogP contribution in [0.5, 0.6) is 0 Å². The smallest absolute Gasteiger partial charge is 0.254 e. The molecule has 1 fully saturated rings. The molecule has 0 radical (unpaired) electrons. The Bertz CT molecular complexity index is 1180. The van der Waals surface area contributed by atoms with Crippen LogP contribution in [-0.2, 0) is 14.6 Å². The number of rotatable bonds is 10. The van der Waals surface area contributed by atoms with Crippen LogP contribution in [-0.4, -0.2) is 49.8 Å². The van der Waals surface area contributed by atoms with Crippen molar-refractivity contribution in [2.24, 2.45) is 11.8 Å². The van der Waals surface area contributed by atoms with E-state index in [2.05, 4.69) is 15.6 Å². The lowest BCUT2D eigenvalue weighted by molar-refractivity contribution is -0.127. The highest BCUT2D eigenvalue weighted by molar-refractivity contribution is 7.99. The van der Waals surface area contributed by atoms with Crippen LogP contribution >= 0.6 is 23.4 Å². The average molecular weight is 535 g/mol. The number of benzene rings is 1. The summed E-state index contributed by atoms with van der Waals surface area (Å²) < 4.78 is 26.1. The molecule has 1 aliphatic rings. The summed E-state index contributed by atoms with van der Waals surface area (Å²) in [6.07, 6.45) is 4.59. The molecule has 1 saturated carbocycles. The third-order valence-corrected chi connectivity index (χ3v) is 9.04. The van der Waals surface area contributed by atoms with Crippen LogP contribution < -0.4 is 10.6 Å². The SMILES string of the molecule is N#CCNC(=O)C1CCCCC1CS(=O)(=O)c1ccc(SCCNC(=O)c2cccnc2Cl)cc1. The van der Waals surface area contributed by atoms with Crippen molar-refractivity contribution in [2.45, 2.75) is 35.5 Å². The number of carbonyl (C=O) groups excluding carboxylic acids is 2. The quantitative estimate of drug-likeness (QED) is 0.206. The maximum Gasteiger partial charge on any atom is 0.254 e. The minimum absolute atomic E-state index is 0.0746. The minimum Gasteiger partial charge on any atom is -0.351 e. The monoisotopic (exact) mass is 534 g/mol. The van der Waals surface area contributed by atoms with Gasteiger partial charge in [0.1, 0.15) is 11.7 Å². The zero-order valence-electron chi connectivity index (χ0n) is 19.1. The van der Waals surface area contributed by atoms with Gasteiger partial charge in [0.05, 0.1) is 22.3 Å². The highest BCUT2D eigenvalue weighted by Gasteiger charge is 2.34. The molecule has 1 aliphatic carbocycles. The maximum atomic E-state index is 13.0. The predicted octanol–water partition coefficient (Wildman–Crippen LogP) is 3.48. The van der Waals surface area contributed by atoms with Crippen LogP contribution in [0.3, 0.4) is 0 Å². The van der Waals surface area contributed by atoms with Crippen molar-refractivity contribution in [3.63, 3.8) is 0 Å². The van der Waals surface area contributed by atoms with Crippen LogP contribution in [0.15, 0.2) is 52.4 Å². The van der Waals surface area contributed by atoms with Gasteiger partial charge in [-0.3, -0.25) is 9.59 Å². The van der Waals surface area contributed by atoms with Gasteiger partial charge in [-0.15, -0.1) is 11.8 Å². The number of halogens is 1. The van der Waals surface area contributed by atoms with Crippen molar-refractivity contribution in [3.8, 4) is 6.07 Å². The first-order chi connectivity index (χ1) is 16.8. The number of carbonyl (C=O) groups is 2. The Kier molecular flexibility index (Phi) is 9.95. The molecule has 2 atom stereocenters. The van der Waals surface area contributed by atoms with Crippen LogP contribution in [0, 0.1) is 23.2 Å². The normalized spacial score (nSPS) is 17.8. The maximum absolute atomic E-state index is 13.0. The number of nitrogens with one attached hydrogen (secondary N) is 2.